The van der Waals surface area contributed by atoms with Gasteiger partial charge in [-0.05, 0) is 29.8 Å². The van der Waals surface area contributed by atoms with E-state index in [2.05, 4.69) is 9.97 Å². The molecule has 0 aliphatic carbocycles. The summed E-state index contributed by atoms with van der Waals surface area (Å²) in [5.41, 5.74) is 7.06. The van der Waals surface area contributed by atoms with Crippen molar-refractivity contribution >= 4 is 11.9 Å². The maximum Gasteiger partial charge on any atom is 0.343 e. The van der Waals surface area contributed by atoms with Crippen LogP contribution >= 0.6 is 0 Å². The molecular formula is C18H11FN4O3. The van der Waals surface area contributed by atoms with Gasteiger partial charge in [0.1, 0.15) is 34.9 Å². The monoisotopic (exact) mass is 350 g/mol. The number of nitrogens with two attached hydrogens (primary N) is 1. The maximum atomic E-state index is 13.8. The summed E-state index contributed by atoms with van der Waals surface area (Å²) in [4.78, 5) is 20.6. The highest BCUT2D eigenvalue weighted by Gasteiger charge is 2.37. The number of hydrogen-bond donors (Lipinski definition) is 1. The molecule has 8 heteroatoms. The molecule has 2 N–H and O–H groups in total. The van der Waals surface area contributed by atoms with E-state index >= 15 is 0 Å². The second-order valence-electron chi connectivity index (χ2n) is 5.69. The Bertz CT molecular complexity index is 1060. The number of cyclic esters (lactones) is 1. The lowest BCUT2D eigenvalue weighted by atomic mass is 10.0. The van der Waals surface area contributed by atoms with Gasteiger partial charge in [0, 0.05) is 6.42 Å². The number of halogens is 1. The molecule has 0 fully saturated rings. The number of furan rings is 1. The first-order valence-electron chi connectivity index (χ1n) is 7.67. The molecule has 1 aliphatic heterocycles. The minimum Gasteiger partial charge on any atom is -0.463 e. The van der Waals surface area contributed by atoms with Crippen LogP contribution in [0.15, 0.2) is 41.0 Å². The van der Waals surface area contributed by atoms with Crippen molar-refractivity contribution < 1.29 is 18.3 Å². The molecular weight excluding hydrogens is 339 g/mol. The molecule has 0 saturated carbocycles. The third kappa shape index (κ3) is 2.56. The van der Waals surface area contributed by atoms with Crippen LogP contribution in [0.1, 0.15) is 33.3 Å². The van der Waals surface area contributed by atoms with E-state index in [1.54, 1.807) is 24.3 Å². The Kier molecular flexibility index (Phi) is 3.62. The minimum atomic E-state index is -0.733. The molecule has 0 spiro atoms. The molecule has 128 valence electrons. The fourth-order valence-electron chi connectivity index (χ4n) is 2.89. The Hall–Kier alpha value is -3.73. The second-order valence-corrected chi connectivity index (χ2v) is 5.69. The summed E-state index contributed by atoms with van der Waals surface area (Å²) in [6, 6.07) is 9.30. The fraction of sp³-hybridized carbons (Fsp3) is 0.111. The average molecular weight is 350 g/mol. The minimum absolute atomic E-state index is 0.0236. The molecule has 26 heavy (non-hydrogen) atoms. The van der Waals surface area contributed by atoms with Crippen molar-refractivity contribution in [3.05, 3.63) is 64.8 Å². The number of nitriles is 1. The van der Waals surface area contributed by atoms with Gasteiger partial charge in [0.05, 0.1) is 11.8 Å². The van der Waals surface area contributed by atoms with Gasteiger partial charge in [-0.25, -0.2) is 19.2 Å². The van der Waals surface area contributed by atoms with E-state index in [4.69, 9.17) is 20.1 Å². The SMILES string of the molecule is N#Cc1ccc(CC2OC(=O)c3c(-c4ccco4)nc(N)nc32)cc1F. The fourth-order valence-corrected chi connectivity index (χ4v) is 2.89. The molecule has 0 saturated heterocycles. The largest absolute Gasteiger partial charge is 0.463 e. The first-order valence-corrected chi connectivity index (χ1v) is 7.67. The number of anilines is 1. The van der Waals surface area contributed by atoms with Gasteiger partial charge < -0.3 is 14.9 Å². The number of hydrogen-bond acceptors (Lipinski definition) is 7. The van der Waals surface area contributed by atoms with E-state index in [1.807, 2.05) is 0 Å². The van der Waals surface area contributed by atoms with E-state index in [-0.39, 0.29) is 29.2 Å². The van der Waals surface area contributed by atoms with E-state index < -0.39 is 17.9 Å². The topological polar surface area (TPSA) is 115 Å². The van der Waals surface area contributed by atoms with Gasteiger partial charge in [0.25, 0.3) is 0 Å². The molecule has 0 amide bonds. The molecule has 1 unspecified atom stereocenters. The Morgan fingerprint density at radius 2 is 2.15 bits per heavy atom. The molecule has 0 bridgehead atoms. The van der Waals surface area contributed by atoms with Crippen LogP contribution in [0.2, 0.25) is 0 Å². The third-order valence-corrected chi connectivity index (χ3v) is 4.04. The van der Waals surface area contributed by atoms with Crippen molar-refractivity contribution in [2.75, 3.05) is 5.73 Å². The Labute approximate surface area is 146 Å². The molecule has 0 radical (unpaired) electrons. The highest BCUT2D eigenvalue weighted by atomic mass is 19.1. The van der Waals surface area contributed by atoms with Crippen LogP contribution in [0.3, 0.4) is 0 Å². The summed E-state index contributed by atoms with van der Waals surface area (Å²) in [5, 5.41) is 8.81. The van der Waals surface area contributed by atoms with Crippen LogP contribution < -0.4 is 5.73 Å². The van der Waals surface area contributed by atoms with Crippen LogP contribution in [0, 0.1) is 17.1 Å². The van der Waals surface area contributed by atoms with Crippen LogP contribution in [0.4, 0.5) is 10.3 Å². The number of ether oxygens (including phenoxy) is 1. The molecule has 4 rings (SSSR count). The second kappa shape index (κ2) is 5.97. The first kappa shape index (κ1) is 15.8. The molecule has 7 nitrogen and oxygen atoms in total. The number of nitrogens with zero attached hydrogens (tertiary/aromatic N) is 3. The highest BCUT2D eigenvalue weighted by molar-refractivity contribution is 5.99. The zero-order valence-corrected chi connectivity index (χ0v) is 13.3. The molecule has 3 aromatic rings. The summed E-state index contributed by atoms with van der Waals surface area (Å²) in [7, 11) is 0. The standard InChI is InChI=1S/C18H11FN4O3/c19-11-6-9(3-4-10(11)8-20)7-13-16-14(17(24)26-13)15(22-18(21)23-16)12-2-1-5-25-12/h1-6,13H,7H2,(H2,21,22,23). The predicted octanol–water partition coefficient (Wildman–Crippen LogP) is 2.78. The Balaban J connectivity index is 1.74. The predicted molar refractivity (Wildman–Crippen MR) is 87.1 cm³/mol. The van der Waals surface area contributed by atoms with Crippen molar-refractivity contribution in [1.29, 1.82) is 5.26 Å². The van der Waals surface area contributed by atoms with Gasteiger partial charge in [-0.2, -0.15) is 5.26 Å². The van der Waals surface area contributed by atoms with Gasteiger partial charge in [0.15, 0.2) is 5.76 Å². The normalized spacial score (nSPS) is 15.4. The van der Waals surface area contributed by atoms with Gasteiger partial charge in [-0.1, -0.05) is 6.07 Å². The molecule has 2 aromatic heterocycles. The summed E-state index contributed by atoms with van der Waals surface area (Å²) < 4.78 is 24.5. The third-order valence-electron chi connectivity index (χ3n) is 4.04. The number of carbonyl (C=O) groups is 1. The molecule has 1 aromatic carbocycles. The van der Waals surface area contributed by atoms with Crippen molar-refractivity contribution in [1.82, 2.24) is 9.97 Å². The lowest BCUT2D eigenvalue weighted by molar-refractivity contribution is 0.0382. The van der Waals surface area contributed by atoms with E-state index in [0.29, 0.717) is 17.0 Å². The molecule has 1 atom stereocenters. The van der Waals surface area contributed by atoms with Crippen LogP contribution in [-0.4, -0.2) is 15.9 Å². The zero-order valence-electron chi connectivity index (χ0n) is 13.3. The molecule has 3 heterocycles. The van der Waals surface area contributed by atoms with E-state index in [1.165, 1.54) is 18.4 Å². The summed E-state index contributed by atoms with van der Waals surface area (Å²) >= 11 is 0. The quantitative estimate of drug-likeness (QED) is 0.722. The number of benzene rings is 1. The average Bonchev–Trinajstić information content (AvgIpc) is 3.24. The van der Waals surface area contributed by atoms with Crippen LogP contribution in [-0.2, 0) is 11.2 Å². The van der Waals surface area contributed by atoms with Gasteiger partial charge in [0.2, 0.25) is 5.95 Å². The van der Waals surface area contributed by atoms with Crippen molar-refractivity contribution in [3.8, 4) is 17.5 Å². The van der Waals surface area contributed by atoms with E-state index in [0.717, 1.165) is 0 Å². The lowest BCUT2D eigenvalue weighted by Gasteiger charge is -2.11. The number of esters is 1. The number of fused-ring (bicyclic) bond motifs is 1. The summed E-state index contributed by atoms with van der Waals surface area (Å²) in [5.74, 6) is -0.875. The highest BCUT2D eigenvalue weighted by Crippen LogP contribution is 2.37. The lowest BCUT2D eigenvalue weighted by Crippen LogP contribution is -2.07. The van der Waals surface area contributed by atoms with Crippen molar-refractivity contribution in [3.63, 3.8) is 0 Å². The van der Waals surface area contributed by atoms with Crippen LogP contribution in [0.25, 0.3) is 11.5 Å². The number of carbonyl (C=O) groups excluding carboxylic acids is 1. The smallest absolute Gasteiger partial charge is 0.343 e. The number of rotatable bonds is 3. The van der Waals surface area contributed by atoms with Crippen molar-refractivity contribution in [2.45, 2.75) is 12.5 Å². The summed E-state index contributed by atoms with van der Waals surface area (Å²) in [6.45, 7) is 0. The zero-order chi connectivity index (χ0) is 18.3. The van der Waals surface area contributed by atoms with Crippen LogP contribution in [0.5, 0.6) is 0 Å². The first-order chi connectivity index (χ1) is 12.6. The molecule has 1 aliphatic rings. The number of nitrogen functional groups attached to an aromatic ring is 1. The van der Waals surface area contributed by atoms with Crippen molar-refractivity contribution in [2.24, 2.45) is 0 Å². The van der Waals surface area contributed by atoms with Gasteiger partial charge in [-0.15, -0.1) is 0 Å². The number of aromatic nitrogens is 2. The summed E-state index contributed by atoms with van der Waals surface area (Å²) in [6.07, 6.45) is 0.913. The Morgan fingerprint density at radius 1 is 1.31 bits per heavy atom. The van der Waals surface area contributed by atoms with Gasteiger partial charge >= 0.3 is 5.97 Å². The Morgan fingerprint density at radius 3 is 2.85 bits per heavy atom. The van der Waals surface area contributed by atoms with E-state index in [9.17, 15) is 9.18 Å². The van der Waals surface area contributed by atoms with Gasteiger partial charge in [-0.3, -0.25) is 0 Å². The maximum absolute atomic E-state index is 13.8.